The van der Waals surface area contributed by atoms with Gasteiger partial charge in [-0.1, -0.05) is 17.3 Å². The van der Waals surface area contributed by atoms with Crippen LogP contribution in [0.1, 0.15) is 11.5 Å². The monoisotopic (exact) mass is 312 g/mol. The quantitative estimate of drug-likeness (QED) is 0.795. The number of ether oxygens (including phenoxy) is 2. The number of hydrogen-bond acceptors (Lipinski definition) is 7. The molecule has 0 unspecified atom stereocenters. The van der Waals surface area contributed by atoms with Crippen LogP contribution in [0, 0.1) is 13.8 Å². The number of aryl methyl sites for hydroxylation is 2. The molecule has 7 nitrogen and oxygen atoms in total. The summed E-state index contributed by atoms with van der Waals surface area (Å²) in [6.07, 6.45) is -0.101. The van der Waals surface area contributed by atoms with Crippen LogP contribution in [0.25, 0.3) is 11.1 Å². The second-order valence-corrected chi connectivity index (χ2v) is 5.45. The van der Waals surface area contributed by atoms with Crippen LogP contribution in [-0.2, 0) is 0 Å². The number of rotatable bonds is 3. The van der Waals surface area contributed by atoms with E-state index in [1.54, 1.807) is 0 Å². The van der Waals surface area contributed by atoms with Gasteiger partial charge in [-0.15, -0.1) is 0 Å². The highest BCUT2D eigenvalue weighted by Gasteiger charge is 2.21. The van der Waals surface area contributed by atoms with Crippen LogP contribution < -0.4 is 14.8 Å². The first-order valence-electron chi connectivity index (χ1n) is 7.43. The molecule has 7 heteroatoms. The van der Waals surface area contributed by atoms with Crippen LogP contribution in [0.4, 0.5) is 5.82 Å². The summed E-state index contributed by atoms with van der Waals surface area (Å²) in [6, 6.07) is 7.65. The summed E-state index contributed by atoms with van der Waals surface area (Å²) in [4.78, 5) is 8.69. The molecule has 0 aliphatic carbocycles. The molecule has 23 heavy (non-hydrogen) atoms. The summed E-state index contributed by atoms with van der Waals surface area (Å²) in [5.74, 6) is 2.87. The second kappa shape index (κ2) is 5.42. The number of nitrogens with zero attached hydrogens (tertiary/aromatic N) is 3. The summed E-state index contributed by atoms with van der Waals surface area (Å²) in [5, 5.41) is 8.05. The van der Waals surface area contributed by atoms with E-state index in [0.717, 1.165) is 22.6 Å². The van der Waals surface area contributed by atoms with Crippen LogP contribution in [-0.4, -0.2) is 34.4 Å². The molecule has 1 atom stereocenters. The van der Waals surface area contributed by atoms with Crippen LogP contribution in [0.5, 0.6) is 11.5 Å². The number of anilines is 1. The van der Waals surface area contributed by atoms with Gasteiger partial charge in [0.25, 0.3) is 5.71 Å². The highest BCUT2D eigenvalue weighted by Crippen LogP contribution is 2.31. The summed E-state index contributed by atoms with van der Waals surface area (Å²) in [5.41, 5.74) is 1.25. The maximum Gasteiger partial charge on any atom is 0.263 e. The molecule has 3 aromatic rings. The molecule has 0 fully saturated rings. The molecule has 1 aliphatic heterocycles. The molecule has 4 rings (SSSR count). The summed E-state index contributed by atoms with van der Waals surface area (Å²) < 4.78 is 16.9. The molecule has 118 valence electrons. The minimum atomic E-state index is -0.101. The third-order valence-electron chi connectivity index (χ3n) is 3.68. The van der Waals surface area contributed by atoms with E-state index < -0.39 is 0 Å². The molecule has 0 radical (unpaired) electrons. The Labute approximate surface area is 132 Å². The van der Waals surface area contributed by atoms with E-state index in [2.05, 4.69) is 20.4 Å². The third kappa shape index (κ3) is 2.54. The van der Waals surface area contributed by atoms with Gasteiger partial charge in [-0.2, -0.15) is 4.98 Å². The third-order valence-corrected chi connectivity index (χ3v) is 3.68. The van der Waals surface area contributed by atoms with Crippen molar-refractivity contribution < 1.29 is 14.0 Å². The van der Waals surface area contributed by atoms with Crippen molar-refractivity contribution in [2.45, 2.75) is 20.0 Å². The summed E-state index contributed by atoms with van der Waals surface area (Å²) >= 11 is 0. The zero-order valence-corrected chi connectivity index (χ0v) is 12.9. The zero-order valence-electron chi connectivity index (χ0n) is 12.9. The molecular weight excluding hydrogens is 296 g/mol. The van der Waals surface area contributed by atoms with Gasteiger partial charge < -0.3 is 19.3 Å². The average molecular weight is 312 g/mol. The van der Waals surface area contributed by atoms with Gasteiger partial charge in [0.2, 0.25) is 0 Å². The van der Waals surface area contributed by atoms with Crippen molar-refractivity contribution in [3.05, 3.63) is 35.8 Å². The lowest BCUT2D eigenvalue weighted by Gasteiger charge is -2.26. The molecule has 3 heterocycles. The number of hydrogen-bond donors (Lipinski definition) is 1. The minimum Gasteiger partial charge on any atom is -0.486 e. The van der Waals surface area contributed by atoms with Crippen molar-refractivity contribution >= 4 is 16.9 Å². The fourth-order valence-electron chi connectivity index (χ4n) is 2.60. The van der Waals surface area contributed by atoms with E-state index >= 15 is 0 Å². The average Bonchev–Trinajstić information content (AvgIpc) is 2.93. The Morgan fingerprint density at radius 3 is 2.87 bits per heavy atom. The molecule has 1 aliphatic rings. The van der Waals surface area contributed by atoms with Gasteiger partial charge in [0.15, 0.2) is 11.5 Å². The SMILES string of the molecule is Cc1nc(NC[C@@H]2COc3ccccc3O2)c2c(C)noc2n1. The number of benzene rings is 1. The van der Waals surface area contributed by atoms with Gasteiger partial charge in [0.05, 0.1) is 12.2 Å². The maximum atomic E-state index is 5.94. The Kier molecular flexibility index (Phi) is 3.25. The standard InChI is InChI=1S/C16H16N4O3/c1-9-14-15(18-10(2)19-16(14)23-20-9)17-7-11-8-21-12-5-3-4-6-13(12)22-11/h3-6,11H,7-8H2,1-2H3,(H,17,18,19)/t11-/m1/s1. The molecule has 1 aromatic carbocycles. The van der Waals surface area contributed by atoms with Crippen LogP contribution in [0.15, 0.2) is 28.8 Å². The summed E-state index contributed by atoms with van der Waals surface area (Å²) in [7, 11) is 0. The predicted molar refractivity (Wildman–Crippen MR) is 83.9 cm³/mol. The minimum absolute atomic E-state index is 0.101. The maximum absolute atomic E-state index is 5.94. The molecule has 0 saturated heterocycles. The first kappa shape index (κ1) is 13.8. The van der Waals surface area contributed by atoms with E-state index in [-0.39, 0.29) is 6.10 Å². The van der Waals surface area contributed by atoms with E-state index in [4.69, 9.17) is 14.0 Å². The van der Waals surface area contributed by atoms with Crippen molar-refractivity contribution in [3.8, 4) is 11.5 Å². The van der Waals surface area contributed by atoms with Crippen molar-refractivity contribution in [1.29, 1.82) is 0 Å². The number of para-hydroxylation sites is 2. The highest BCUT2D eigenvalue weighted by molar-refractivity contribution is 5.87. The zero-order chi connectivity index (χ0) is 15.8. The molecule has 0 saturated carbocycles. The van der Waals surface area contributed by atoms with Crippen molar-refractivity contribution in [3.63, 3.8) is 0 Å². The number of fused-ring (bicyclic) bond motifs is 2. The number of nitrogens with one attached hydrogen (secondary N) is 1. The van der Waals surface area contributed by atoms with Gasteiger partial charge in [0, 0.05) is 0 Å². The van der Waals surface area contributed by atoms with Gasteiger partial charge in [0.1, 0.15) is 29.7 Å². The van der Waals surface area contributed by atoms with Gasteiger partial charge in [-0.3, -0.25) is 0 Å². The Hall–Kier alpha value is -2.83. The van der Waals surface area contributed by atoms with Gasteiger partial charge in [-0.05, 0) is 26.0 Å². The predicted octanol–water partition coefficient (Wildman–Crippen LogP) is 2.49. The Balaban J connectivity index is 1.53. The summed E-state index contributed by atoms with van der Waals surface area (Å²) in [6.45, 7) is 4.73. The second-order valence-electron chi connectivity index (χ2n) is 5.45. The van der Waals surface area contributed by atoms with Crippen LogP contribution >= 0.6 is 0 Å². The topological polar surface area (TPSA) is 82.3 Å². The van der Waals surface area contributed by atoms with E-state index in [0.29, 0.717) is 30.5 Å². The first-order valence-corrected chi connectivity index (χ1v) is 7.43. The largest absolute Gasteiger partial charge is 0.486 e. The first-order chi connectivity index (χ1) is 11.2. The lowest BCUT2D eigenvalue weighted by atomic mass is 10.2. The molecule has 0 bridgehead atoms. The molecule has 2 aromatic heterocycles. The molecule has 0 amide bonds. The fraction of sp³-hybridized carbons (Fsp3) is 0.312. The van der Waals surface area contributed by atoms with Crippen molar-refractivity contribution in [1.82, 2.24) is 15.1 Å². The molecule has 1 N–H and O–H groups in total. The van der Waals surface area contributed by atoms with Crippen LogP contribution in [0.2, 0.25) is 0 Å². The van der Waals surface area contributed by atoms with Crippen LogP contribution in [0.3, 0.4) is 0 Å². The van der Waals surface area contributed by atoms with Crippen molar-refractivity contribution in [2.75, 3.05) is 18.5 Å². The van der Waals surface area contributed by atoms with Gasteiger partial charge >= 0.3 is 0 Å². The normalized spacial score (nSPS) is 16.5. The Bertz CT molecular complexity index is 862. The highest BCUT2D eigenvalue weighted by atomic mass is 16.6. The smallest absolute Gasteiger partial charge is 0.263 e. The fourth-order valence-corrected chi connectivity index (χ4v) is 2.60. The molecule has 0 spiro atoms. The van der Waals surface area contributed by atoms with E-state index in [1.807, 2.05) is 38.1 Å². The van der Waals surface area contributed by atoms with E-state index in [1.165, 1.54) is 0 Å². The van der Waals surface area contributed by atoms with E-state index in [9.17, 15) is 0 Å². The molecular formula is C16H16N4O3. The van der Waals surface area contributed by atoms with Crippen molar-refractivity contribution in [2.24, 2.45) is 0 Å². The lowest BCUT2D eigenvalue weighted by Crippen LogP contribution is -2.35. The Morgan fingerprint density at radius 2 is 2.00 bits per heavy atom. The Morgan fingerprint density at radius 1 is 1.17 bits per heavy atom. The number of aromatic nitrogens is 3. The van der Waals surface area contributed by atoms with Gasteiger partial charge in [-0.25, -0.2) is 4.98 Å². The lowest BCUT2D eigenvalue weighted by molar-refractivity contribution is 0.0997.